The summed E-state index contributed by atoms with van der Waals surface area (Å²) in [6, 6.07) is 0. The topological polar surface area (TPSA) is 8.81 Å². The molecule has 0 unspecified atom stereocenters. The molecule has 0 aromatic carbocycles. The molecule has 0 N–H and O–H groups in total. The second-order valence-electron chi connectivity index (χ2n) is 16.9. The van der Waals surface area contributed by atoms with Gasteiger partial charge in [-0.3, -0.25) is 0 Å². The first kappa shape index (κ1) is 48.2. The van der Waals surface area contributed by atoms with Gasteiger partial charge >= 0.3 is 0 Å². The first-order valence-corrected chi connectivity index (χ1v) is 24.4. The van der Waals surface area contributed by atoms with Crippen LogP contribution in [0.1, 0.15) is 283 Å². The van der Waals surface area contributed by atoms with Gasteiger partial charge in [0.1, 0.15) is 12.4 Å². The molecule has 0 saturated carbocycles. The largest absolute Gasteiger partial charge is 0.256 e. The molecule has 0 fully saturated rings. The van der Waals surface area contributed by atoms with E-state index < -0.39 is 0 Å². The molecule has 0 amide bonds. The summed E-state index contributed by atoms with van der Waals surface area (Å²) in [5, 5.41) is 0. The van der Waals surface area contributed by atoms with Crippen LogP contribution in [0.2, 0.25) is 0 Å². The number of imidazole rings is 1. The van der Waals surface area contributed by atoms with Crippen molar-refractivity contribution in [3.63, 3.8) is 0 Å². The van der Waals surface area contributed by atoms with Gasteiger partial charge in [-0.05, 0) is 32.1 Å². The lowest BCUT2D eigenvalue weighted by atomic mass is 10.0. The minimum absolute atomic E-state index is 1.23. The Kier molecular flexibility index (Phi) is 38.2. The molecule has 0 atom stereocenters. The van der Waals surface area contributed by atoms with Gasteiger partial charge in [-0.2, -0.15) is 0 Å². The zero-order valence-corrected chi connectivity index (χ0v) is 36.0. The summed E-state index contributed by atoms with van der Waals surface area (Å²) in [6.45, 7) is 9.41. The molecular formula is C49H97N2+. The summed E-state index contributed by atoms with van der Waals surface area (Å²) in [4.78, 5) is 0. The number of aryl methyl sites for hydroxylation is 2. The lowest BCUT2D eigenvalue weighted by Crippen LogP contribution is -2.37. The molecule has 2 heteroatoms. The molecule has 302 valence electrons. The maximum Gasteiger partial charge on any atom is 0.256 e. The van der Waals surface area contributed by atoms with Crippen molar-refractivity contribution in [2.45, 2.75) is 297 Å². The Labute approximate surface area is 323 Å². The Morgan fingerprint density at radius 2 is 0.608 bits per heavy atom. The maximum atomic E-state index is 2.65. The predicted molar refractivity (Wildman–Crippen MR) is 230 cm³/mol. The van der Waals surface area contributed by atoms with Crippen LogP contribution in [0.15, 0.2) is 12.4 Å². The van der Waals surface area contributed by atoms with Crippen LogP contribution in [-0.4, -0.2) is 4.57 Å². The van der Waals surface area contributed by atoms with E-state index in [0.29, 0.717) is 0 Å². The molecule has 1 heterocycles. The Balaban J connectivity index is 2.21. The molecule has 0 radical (unpaired) electrons. The molecule has 0 spiro atoms. The highest BCUT2D eigenvalue weighted by Crippen LogP contribution is 2.17. The van der Waals surface area contributed by atoms with E-state index in [2.05, 4.69) is 42.3 Å². The third-order valence-electron chi connectivity index (χ3n) is 11.8. The van der Waals surface area contributed by atoms with Gasteiger partial charge in [0.15, 0.2) is 0 Å². The first-order valence-electron chi connectivity index (χ1n) is 24.4. The summed E-state index contributed by atoms with van der Waals surface area (Å²) in [5.74, 6) is 1.63. The van der Waals surface area contributed by atoms with Crippen molar-refractivity contribution in [1.82, 2.24) is 4.57 Å². The van der Waals surface area contributed by atoms with E-state index in [4.69, 9.17) is 0 Å². The Hall–Kier alpha value is -0.790. The van der Waals surface area contributed by atoms with Crippen molar-refractivity contribution in [2.75, 3.05) is 0 Å². The highest BCUT2D eigenvalue weighted by Gasteiger charge is 2.16. The Morgan fingerprint density at radius 1 is 0.333 bits per heavy atom. The predicted octanol–water partition coefficient (Wildman–Crippen LogP) is 17.0. The normalized spacial score (nSPS) is 11.7. The van der Waals surface area contributed by atoms with E-state index in [-0.39, 0.29) is 0 Å². The fourth-order valence-electron chi connectivity index (χ4n) is 8.27. The zero-order chi connectivity index (χ0) is 36.6. The molecule has 0 aliphatic carbocycles. The number of hydrogen-bond acceptors (Lipinski definition) is 0. The van der Waals surface area contributed by atoms with Crippen LogP contribution in [-0.2, 0) is 19.5 Å². The number of nitrogens with zero attached hydrogens (tertiary/aromatic N) is 2. The van der Waals surface area contributed by atoms with Crippen LogP contribution < -0.4 is 4.57 Å². The molecule has 0 aliphatic rings. The molecule has 0 bridgehead atoms. The monoisotopic (exact) mass is 714 g/mol. The van der Waals surface area contributed by atoms with Gasteiger partial charge < -0.3 is 0 Å². The lowest BCUT2D eigenvalue weighted by molar-refractivity contribution is -0.704. The minimum Gasteiger partial charge on any atom is -0.234 e. The van der Waals surface area contributed by atoms with Gasteiger partial charge in [-0.15, -0.1) is 0 Å². The summed E-state index contributed by atoms with van der Waals surface area (Å²) >= 11 is 0. The zero-order valence-electron chi connectivity index (χ0n) is 36.0. The number of hydrogen-bond donors (Lipinski definition) is 0. The number of rotatable bonds is 43. The summed E-state index contributed by atoms with van der Waals surface area (Å²) in [6.07, 6.45) is 63.8. The summed E-state index contributed by atoms with van der Waals surface area (Å²) in [7, 11) is 0. The molecular weight excluding hydrogens is 617 g/mol. The van der Waals surface area contributed by atoms with Gasteiger partial charge in [-0.1, -0.05) is 245 Å². The highest BCUT2D eigenvalue weighted by molar-refractivity contribution is 4.84. The van der Waals surface area contributed by atoms with E-state index in [0.717, 1.165) is 0 Å². The molecule has 0 aliphatic heterocycles. The van der Waals surface area contributed by atoms with Crippen molar-refractivity contribution >= 4 is 0 Å². The average Bonchev–Trinajstić information content (AvgIpc) is 3.53. The number of aromatic nitrogens is 2. The summed E-state index contributed by atoms with van der Waals surface area (Å²) in [5.41, 5.74) is 0. The Bertz CT molecular complexity index is 781. The van der Waals surface area contributed by atoms with Crippen LogP contribution in [0.3, 0.4) is 0 Å². The van der Waals surface area contributed by atoms with E-state index in [1.165, 1.54) is 276 Å². The van der Waals surface area contributed by atoms with Gasteiger partial charge in [0.05, 0.1) is 13.1 Å². The van der Waals surface area contributed by atoms with Crippen LogP contribution >= 0.6 is 0 Å². The van der Waals surface area contributed by atoms with Crippen LogP contribution in [0.4, 0.5) is 0 Å². The van der Waals surface area contributed by atoms with E-state index >= 15 is 0 Å². The summed E-state index contributed by atoms with van der Waals surface area (Å²) < 4.78 is 5.30. The van der Waals surface area contributed by atoms with Crippen LogP contribution in [0.5, 0.6) is 0 Å². The second kappa shape index (κ2) is 40.4. The molecule has 1 aromatic rings. The van der Waals surface area contributed by atoms with Gasteiger partial charge in [0, 0.05) is 6.42 Å². The first-order chi connectivity index (χ1) is 25.3. The molecule has 2 nitrogen and oxygen atoms in total. The molecule has 0 saturated heterocycles. The Morgan fingerprint density at radius 3 is 0.941 bits per heavy atom. The SMILES string of the molecule is CCCCCCCCCCCCCCCCCCCc1n(CCCCCCCCCC)cc[n+]1CCCCCCCCCCCCCCCCC. The molecule has 1 aromatic heterocycles. The van der Waals surface area contributed by atoms with Crippen molar-refractivity contribution in [2.24, 2.45) is 0 Å². The van der Waals surface area contributed by atoms with Crippen LogP contribution in [0.25, 0.3) is 0 Å². The van der Waals surface area contributed by atoms with Gasteiger partial charge in [-0.25, -0.2) is 9.13 Å². The highest BCUT2D eigenvalue weighted by atomic mass is 15.1. The van der Waals surface area contributed by atoms with Crippen LogP contribution in [0, 0.1) is 0 Å². The van der Waals surface area contributed by atoms with Crippen molar-refractivity contribution in [1.29, 1.82) is 0 Å². The van der Waals surface area contributed by atoms with Crippen molar-refractivity contribution in [3.8, 4) is 0 Å². The van der Waals surface area contributed by atoms with E-state index in [1.807, 2.05) is 0 Å². The minimum atomic E-state index is 1.23. The average molecular weight is 714 g/mol. The van der Waals surface area contributed by atoms with Gasteiger partial charge in [0.25, 0.3) is 5.82 Å². The standard InChI is InChI=1S/C49H97N2/c1-4-7-10-13-16-19-21-23-25-26-27-29-31-33-35-38-41-44-49-50(45-42-39-36-18-15-12-9-6-3)47-48-51(49)46-43-40-37-34-32-30-28-24-22-20-17-14-11-8-5-2/h47-48H,4-46H2,1-3H3/q+1. The van der Waals surface area contributed by atoms with Gasteiger partial charge in [0.2, 0.25) is 0 Å². The quantitative estimate of drug-likeness (QED) is 0.0471. The maximum absolute atomic E-state index is 2.65. The third-order valence-corrected chi connectivity index (χ3v) is 11.8. The van der Waals surface area contributed by atoms with E-state index in [1.54, 1.807) is 5.82 Å². The lowest BCUT2D eigenvalue weighted by Gasteiger charge is -2.07. The fourth-order valence-corrected chi connectivity index (χ4v) is 8.27. The smallest absolute Gasteiger partial charge is 0.234 e. The van der Waals surface area contributed by atoms with Crippen molar-refractivity contribution in [3.05, 3.63) is 18.2 Å². The third kappa shape index (κ3) is 32.4. The molecule has 1 rings (SSSR count). The second-order valence-corrected chi connectivity index (χ2v) is 16.9. The van der Waals surface area contributed by atoms with Crippen molar-refractivity contribution < 1.29 is 4.57 Å². The number of unbranched alkanes of at least 4 members (excludes halogenated alkanes) is 37. The molecule has 51 heavy (non-hydrogen) atoms. The van der Waals surface area contributed by atoms with E-state index in [9.17, 15) is 0 Å². The fraction of sp³-hybridized carbons (Fsp3) is 0.939.